The minimum atomic E-state index is -4.56. The highest BCUT2D eigenvalue weighted by molar-refractivity contribution is 6.30. The summed E-state index contributed by atoms with van der Waals surface area (Å²) in [6.45, 7) is 0.464. The first kappa shape index (κ1) is 18.1. The van der Waals surface area contributed by atoms with Gasteiger partial charge in [0.05, 0.1) is 11.3 Å². The predicted octanol–water partition coefficient (Wildman–Crippen LogP) is 4.61. The Morgan fingerprint density at radius 1 is 1.22 bits per heavy atom. The van der Waals surface area contributed by atoms with Gasteiger partial charge in [0, 0.05) is 24.0 Å². The molecule has 0 radical (unpaired) electrons. The summed E-state index contributed by atoms with van der Waals surface area (Å²) in [7, 11) is 0. The second kappa shape index (κ2) is 8.02. The average Bonchev–Trinajstić information content (AvgIpc) is 2.49. The van der Waals surface area contributed by atoms with E-state index in [4.69, 9.17) is 11.6 Å². The topological polar surface area (TPSA) is 41.1 Å². The number of nitrogens with one attached hydrogen (secondary N) is 2. The lowest BCUT2D eigenvalue weighted by atomic mass is 9.95. The number of alkyl halides is 3. The number of halogens is 4. The molecule has 0 saturated heterocycles. The van der Waals surface area contributed by atoms with Gasteiger partial charge in [0.25, 0.3) is 0 Å². The molecule has 1 saturated carbocycles. The van der Waals surface area contributed by atoms with Crippen LogP contribution >= 0.6 is 11.6 Å². The largest absolute Gasteiger partial charge is 0.418 e. The van der Waals surface area contributed by atoms with Gasteiger partial charge in [-0.1, -0.05) is 30.9 Å². The fourth-order valence-electron chi connectivity index (χ4n) is 2.77. The zero-order valence-electron chi connectivity index (χ0n) is 12.7. The maximum Gasteiger partial charge on any atom is 0.418 e. The molecule has 2 rings (SSSR count). The molecule has 0 unspecified atom stereocenters. The van der Waals surface area contributed by atoms with Crippen LogP contribution in [0.5, 0.6) is 0 Å². The standard InChI is InChI=1S/C16H20ClF3N2O/c17-11-6-7-14(13(10-11)16(18,19)20)22-15(23)8-9-21-12-4-2-1-3-5-12/h6-7,10,12,21H,1-5,8-9H2,(H,22,23). The number of anilines is 1. The van der Waals surface area contributed by atoms with Crippen LogP contribution in [-0.2, 0) is 11.0 Å². The molecule has 3 nitrogen and oxygen atoms in total. The second-order valence-electron chi connectivity index (χ2n) is 5.77. The summed E-state index contributed by atoms with van der Waals surface area (Å²) < 4.78 is 38.9. The number of carbonyl (C=O) groups excluding carboxylic acids is 1. The van der Waals surface area contributed by atoms with E-state index < -0.39 is 17.6 Å². The van der Waals surface area contributed by atoms with Gasteiger partial charge in [0.1, 0.15) is 0 Å². The highest BCUT2D eigenvalue weighted by Gasteiger charge is 2.34. The van der Waals surface area contributed by atoms with Gasteiger partial charge in [-0.3, -0.25) is 4.79 Å². The molecule has 1 aromatic rings. The van der Waals surface area contributed by atoms with Crippen LogP contribution in [0, 0.1) is 0 Å². The molecule has 128 valence electrons. The van der Waals surface area contributed by atoms with Gasteiger partial charge in [0.15, 0.2) is 0 Å². The normalized spacial score (nSPS) is 16.3. The molecule has 7 heteroatoms. The Morgan fingerprint density at radius 3 is 2.57 bits per heavy atom. The van der Waals surface area contributed by atoms with E-state index in [0.29, 0.717) is 12.6 Å². The minimum absolute atomic E-state index is 0.0192. The van der Waals surface area contributed by atoms with E-state index in [-0.39, 0.29) is 17.1 Å². The lowest BCUT2D eigenvalue weighted by Crippen LogP contribution is -2.33. The quantitative estimate of drug-likeness (QED) is 0.815. The maximum atomic E-state index is 13.0. The van der Waals surface area contributed by atoms with E-state index in [2.05, 4.69) is 10.6 Å². The van der Waals surface area contributed by atoms with Crippen LogP contribution in [0.1, 0.15) is 44.1 Å². The Morgan fingerprint density at radius 2 is 1.91 bits per heavy atom. The molecule has 0 spiro atoms. The van der Waals surface area contributed by atoms with E-state index >= 15 is 0 Å². The molecule has 1 aliphatic rings. The third-order valence-electron chi connectivity index (χ3n) is 3.95. The molecule has 1 amide bonds. The van der Waals surface area contributed by atoms with Crippen LogP contribution in [0.4, 0.5) is 18.9 Å². The third kappa shape index (κ3) is 5.70. The van der Waals surface area contributed by atoms with Crippen LogP contribution in [0.25, 0.3) is 0 Å². The third-order valence-corrected chi connectivity index (χ3v) is 4.19. The molecule has 0 aliphatic heterocycles. The van der Waals surface area contributed by atoms with E-state index in [1.165, 1.54) is 31.4 Å². The smallest absolute Gasteiger partial charge is 0.325 e. The van der Waals surface area contributed by atoms with Crippen molar-refractivity contribution in [2.45, 2.75) is 50.7 Å². The van der Waals surface area contributed by atoms with Crippen molar-refractivity contribution in [3.63, 3.8) is 0 Å². The van der Waals surface area contributed by atoms with Crippen molar-refractivity contribution in [1.29, 1.82) is 0 Å². The van der Waals surface area contributed by atoms with Crippen molar-refractivity contribution in [3.8, 4) is 0 Å². The minimum Gasteiger partial charge on any atom is -0.325 e. The first-order valence-electron chi connectivity index (χ1n) is 7.76. The van der Waals surface area contributed by atoms with Crippen molar-refractivity contribution < 1.29 is 18.0 Å². The number of hydrogen-bond acceptors (Lipinski definition) is 2. The number of hydrogen-bond donors (Lipinski definition) is 2. The molecule has 2 N–H and O–H groups in total. The molecule has 1 aliphatic carbocycles. The highest BCUT2D eigenvalue weighted by atomic mass is 35.5. The molecule has 0 aromatic heterocycles. The number of carbonyl (C=O) groups is 1. The van der Waals surface area contributed by atoms with E-state index in [0.717, 1.165) is 18.9 Å². The summed E-state index contributed by atoms with van der Waals surface area (Å²) in [4.78, 5) is 11.9. The predicted molar refractivity (Wildman–Crippen MR) is 84.6 cm³/mol. The van der Waals surface area contributed by atoms with Crippen molar-refractivity contribution in [2.75, 3.05) is 11.9 Å². The Balaban J connectivity index is 1.87. The van der Waals surface area contributed by atoms with E-state index in [1.807, 2.05) is 0 Å². The lowest BCUT2D eigenvalue weighted by molar-refractivity contribution is -0.137. The summed E-state index contributed by atoms with van der Waals surface area (Å²) in [6.07, 6.45) is 1.38. The molecule has 0 atom stereocenters. The first-order chi connectivity index (χ1) is 10.9. The Hall–Kier alpha value is -1.27. The van der Waals surface area contributed by atoms with Gasteiger partial charge in [-0.15, -0.1) is 0 Å². The lowest BCUT2D eigenvalue weighted by Gasteiger charge is -2.22. The molecule has 0 heterocycles. The fourth-order valence-corrected chi connectivity index (χ4v) is 2.94. The zero-order chi connectivity index (χ0) is 16.9. The summed E-state index contributed by atoms with van der Waals surface area (Å²) in [5.41, 5.74) is -1.19. The van der Waals surface area contributed by atoms with Gasteiger partial charge in [0.2, 0.25) is 5.91 Å². The summed E-state index contributed by atoms with van der Waals surface area (Å²) in [6, 6.07) is 3.74. The molecule has 1 fully saturated rings. The maximum absolute atomic E-state index is 13.0. The molecule has 0 bridgehead atoms. The van der Waals surface area contributed by atoms with Crippen LogP contribution in [-0.4, -0.2) is 18.5 Å². The van der Waals surface area contributed by atoms with Crippen molar-refractivity contribution in [2.24, 2.45) is 0 Å². The molecule has 23 heavy (non-hydrogen) atoms. The van der Waals surface area contributed by atoms with Crippen LogP contribution < -0.4 is 10.6 Å². The number of amides is 1. The number of rotatable bonds is 5. The number of benzene rings is 1. The van der Waals surface area contributed by atoms with Crippen LogP contribution in [0.15, 0.2) is 18.2 Å². The summed E-state index contributed by atoms with van der Waals surface area (Å²) in [5, 5.41) is 5.59. The van der Waals surface area contributed by atoms with Crippen molar-refractivity contribution in [1.82, 2.24) is 5.32 Å². The van der Waals surface area contributed by atoms with Crippen LogP contribution in [0.2, 0.25) is 5.02 Å². The first-order valence-corrected chi connectivity index (χ1v) is 8.14. The van der Waals surface area contributed by atoms with E-state index in [9.17, 15) is 18.0 Å². The van der Waals surface area contributed by atoms with Gasteiger partial charge >= 0.3 is 6.18 Å². The van der Waals surface area contributed by atoms with Gasteiger partial charge in [-0.2, -0.15) is 13.2 Å². The van der Waals surface area contributed by atoms with Gasteiger partial charge in [-0.05, 0) is 31.0 Å². The Kier molecular flexibility index (Phi) is 6.30. The summed E-state index contributed by atoms with van der Waals surface area (Å²) >= 11 is 5.61. The van der Waals surface area contributed by atoms with Gasteiger partial charge in [-0.25, -0.2) is 0 Å². The SMILES string of the molecule is O=C(CCNC1CCCCC1)Nc1ccc(Cl)cc1C(F)(F)F. The zero-order valence-corrected chi connectivity index (χ0v) is 13.4. The van der Waals surface area contributed by atoms with Crippen molar-refractivity contribution >= 4 is 23.2 Å². The van der Waals surface area contributed by atoms with Gasteiger partial charge < -0.3 is 10.6 Å². The molecular weight excluding hydrogens is 329 g/mol. The van der Waals surface area contributed by atoms with Crippen LogP contribution in [0.3, 0.4) is 0 Å². The fraction of sp³-hybridized carbons (Fsp3) is 0.562. The van der Waals surface area contributed by atoms with E-state index in [1.54, 1.807) is 0 Å². The Labute approximate surface area is 138 Å². The average molecular weight is 349 g/mol. The molecule has 1 aromatic carbocycles. The van der Waals surface area contributed by atoms with Crippen molar-refractivity contribution in [3.05, 3.63) is 28.8 Å². The molecular formula is C16H20ClF3N2O. The monoisotopic (exact) mass is 348 g/mol. The highest BCUT2D eigenvalue weighted by Crippen LogP contribution is 2.36. The second-order valence-corrected chi connectivity index (χ2v) is 6.21. The summed E-state index contributed by atoms with van der Waals surface area (Å²) in [5.74, 6) is -0.443. The Bertz CT molecular complexity index is 543.